The smallest absolute Gasteiger partial charge is 0.120 e. The Hall–Kier alpha value is -1.02. The molecule has 0 aliphatic heterocycles. The van der Waals surface area contributed by atoms with E-state index in [1.54, 1.807) is 6.07 Å². The molecule has 2 heteroatoms. The maximum Gasteiger partial charge on any atom is 0.120 e. The topological polar surface area (TPSA) is 46.2 Å². The van der Waals surface area contributed by atoms with Crippen molar-refractivity contribution in [1.82, 2.24) is 0 Å². The first kappa shape index (κ1) is 9.53. The second-order valence-corrected chi connectivity index (χ2v) is 4.23. The van der Waals surface area contributed by atoms with Crippen molar-refractivity contribution in [1.29, 1.82) is 0 Å². The molecule has 0 spiro atoms. The number of para-hydroxylation sites is 1. The Balaban J connectivity index is 2.32. The molecule has 1 saturated carbocycles. The molecule has 0 saturated heterocycles. The van der Waals surface area contributed by atoms with E-state index in [0.29, 0.717) is 5.75 Å². The van der Waals surface area contributed by atoms with E-state index in [-0.39, 0.29) is 5.54 Å². The fourth-order valence-corrected chi connectivity index (χ4v) is 2.35. The summed E-state index contributed by atoms with van der Waals surface area (Å²) in [5, 5.41) is 9.75. The predicted octanol–water partition coefficient (Wildman–Crippen LogP) is 2.51. The van der Waals surface area contributed by atoms with E-state index >= 15 is 0 Å². The zero-order valence-electron chi connectivity index (χ0n) is 8.37. The van der Waals surface area contributed by atoms with Crippen LogP contribution in [-0.2, 0) is 5.54 Å². The van der Waals surface area contributed by atoms with Crippen LogP contribution in [0.1, 0.15) is 37.7 Å². The molecule has 2 rings (SSSR count). The van der Waals surface area contributed by atoms with Gasteiger partial charge in [-0.3, -0.25) is 0 Å². The lowest BCUT2D eigenvalue weighted by Gasteiger charge is -2.34. The molecule has 2 nitrogen and oxygen atoms in total. The molecule has 3 N–H and O–H groups in total. The van der Waals surface area contributed by atoms with E-state index in [9.17, 15) is 5.11 Å². The highest BCUT2D eigenvalue weighted by molar-refractivity contribution is 5.37. The van der Waals surface area contributed by atoms with Gasteiger partial charge >= 0.3 is 0 Å². The number of nitrogens with two attached hydrogens (primary N) is 1. The maximum absolute atomic E-state index is 9.75. The number of phenols is 1. The Morgan fingerprint density at radius 1 is 1.07 bits per heavy atom. The van der Waals surface area contributed by atoms with Gasteiger partial charge in [0.2, 0.25) is 0 Å². The molecule has 1 aromatic carbocycles. The molecular weight excluding hydrogens is 174 g/mol. The highest BCUT2D eigenvalue weighted by Gasteiger charge is 2.31. The molecule has 0 bridgehead atoms. The molecule has 14 heavy (non-hydrogen) atoms. The van der Waals surface area contributed by atoms with Crippen molar-refractivity contribution < 1.29 is 5.11 Å². The van der Waals surface area contributed by atoms with E-state index in [0.717, 1.165) is 18.4 Å². The van der Waals surface area contributed by atoms with E-state index in [2.05, 4.69) is 0 Å². The van der Waals surface area contributed by atoms with Crippen LogP contribution in [0.4, 0.5) is 0 Å². The lowest BCUT2D eigenvalue weighted by molar-refractivity contribution is 0.292. The molecular formula is C12H17NO. The summed E-state index contributed by atoms with van der Waals surface area (Å²) >= 11 is 0. The third-order valence-corrected chi connectivity index (χ3v) is 3.19. The fraction of sp³-hybridized carbons (Fsp3) is 0.500. The van der Waals surface area contributed by atoms with Gasteiger partial charge < -0.3 is 10.8 Å². The van der Waals surface area contributed by atoms with Crippen molar-refractivity contribution in [3.8, 4) is 5.75 Å². The van der Waals surface area contributed by atoms with Gasteiger partial charge in [-0.2, -0.15) is 0 Å². The maximum atomic E-state index is 9.75. The van der Waals surface area contributed by atoms with E-state index in [1.807, 2.05) is 18.2 Å². The minimum Gasteiger partial charge on any atom is -0.508 e. The van der Waals surface area contributed by atoms with Crippen molar-refractivity contribution in [2.24, 2.45) is 5.73 Å². The number of hydrogen-bond donors (Lipinski definition) is 2. The second kappa shape index (κ2) is 3.62. The summed E-state index contributed by atoms with van der Waals surface area (Å²) < 4.78 is 0. The molecule has 0 atom stereocenters. The van der Waals surface area contributed by atoms with Crippen LogP contribution in [0.5, 0.6) is 5.75 Å². The van der Waals surface area contributed by atoms with E-state index < -0.39 is 0 Å². The first-order chi connectivity index (χ1) is 6.72. The first-order valence-corrected chi connectivity index (χ1v) is 5.30. The number of aromatic hydroxyl groups is 1. The summed E-state index contributed by atoms with van der Waals surface area (Å²) in [5.74, 6) is 0.344. The SMILES string of the molecule is NC1(c2ccccc2O)CCCCC1. The molecule has 1 aliphatic rings. The van der Waals surface area contributed by atoms with Crippen LogP contribution in [0.15, 0.2) is 24.3 Å². The summed E-state index contributed by atoms with van der Waals surface area (Å²) in [6, 6.07) is 7.45. The molecule has 0 aromatic heterocycles. The number of rotatable bonds is 1. The van der Waals surface area contributed by atoms with Gasteiger partial charge in [0.25, 0.3) is 0 Å². The highest BCUT2D eigenvalue weighted by Crippen LogP contribution is 2.38. The molecule has 76 valence electrons. The van der Waals surface area contributed by atoms with Gasteiger partial charge in [-0.25, -0.2) is 0 Å². The van der Waals surface area contributed by atoms with Crippen LogP contribution >= 0.6 is 0 Å². The van der Waals surface area contributed by atoms with Gasteiger partial charge in [0.05, 0.1) is 0 Å². The Morgan fingerprint density at radius 3 is 2.36 bits per heavy atom. The Kier molecular flexibility index (Phi) is 2.46. The molecule has 0 amide bonds. The standard InChI is InChI=1S/C12H17NO/c13-12(8-4-1-5-9-12)10-6-2-3-7-11(10)14/h2-3,6-7,14H,1,4-5,8-9,13H2. The average molecular weight is 191 g/mol. The molecule has 1 fully saturated rings. The van der Waals surface area contributed by atoms with E-state index in [4.69, 9.17) is 5.73 Å². The second-order valence-electron chi connectivity index (χ2n) is 4.23. The summed E-state index contributed by atoms with van der Waals surface area (Å²) in [4.78, 5) is 0. The summed E-state index contributed by atoms with van der Waals surface area (Å²) in [6.07, 6.45) is 5.59. The summed E-state index contributed by atoms with van der Waals surface area (Å²) in [6.45, 7) is 0. The van der Waals surface area contributed by atoms with Crippen LogP contribution in [0.3, 0.4) is 0 Å². The number of phenolic OH excluding ortho intramolecular Hbond substituents is 1. The van der Waals surface area contributed by atoms with Crippen LogP contribution in [-0.4, -0.2) is 5.11 Å². The lowest BCUT2D eigenvalue weighted by atomic mass is 9.77. The monoisotopic (exact) mass is 191 g/mol. The molecule has 0 unspecified atom stereocenters. The van der Waals surface area contributed by atoms with Crippen LogP contribution in [0, 0.1) is 0 Å². The third-order valence-electron chi connectivity index (χ3n) is 3.19. The van der Waals surface area contributed by atoms with Crippen molar-refractivity contribution in [2.45, 2.75) is 37.6 Å². The molecule has 1 aliphatic carbocycles. The minimum absolute atomic E-state index is 0.288. The van der Waals surface area contributed by atoms with Crippen molar-refractivity contribution in [3.63, 3.8) is 0 Å². The first-order valence-electron chi connectivity index (χ1n) is 5.30. The number of hydrogen-bond acceptors (Lipinski definition) is 2. The van der Waals surface area contributed by atoms with Crippen molar-refractivity contribution in [2.75, 3.05) is 0 Å². The highest BCUT2D eigenvalue weighted by atomic mass is 16.3. The van der Waals surface area contributed by atoms with Gasteiger partial charge in [-0.15, -0.1) is 0 Å². The quantitative estimate of drug-likeness (QED) is 0.716. The zero-order valence-corrected chi connectivity index (χ0v) is 8.37. The van der Waals surface area contributed by atoms with Crippen LogP contribution < -0.4 is 5.73 Å². The molecule has 1 aromatic rings. The summed E-state index contributed by atoms with van der Waals surface area (Å²) in [7, 11) is 0. The van der Waals surface area contributed by atoms with E-state index in [1.165, 1.54) is 19.3 Å². The Labute approximate surface area is 84.7 Å². The average Bonchev–Trinajstić information content (AvgIpc) is 2.19. The van der Waals surface area contributed by atoms with Crippen LogP contribution in [0.25, 0.3) is 0 Å². The van der Waals surface area contributed by atoms with Gasteiger partial charge in [0.1, 0.15) is 5.75 Å². The Bertz CT molecular complexity index is 316. The normalized spacial score (nSPS) is 20.6. The summed E-state index contributed by atoms with van der Waals surface area (Å²) in [5.41, 5.74) is 6.95. The fourth-order valence-electron chi connectivity index (χ4n) is 2.35. The van der Waals surface area contributed by atoms with Gasteiger partial charge in [-0.05, 0) is 18.9 Å². The third kappa shape index (κ3) is 1.62. The zero-order chi connectivity index (χ0) is 10.0. The van der Waals surface area contributed by atoms with Gasteiger partial charge in [0.15, 0.2) is 0 Å². The molecule has 0 heterocycles. The largest absolute Gasteiger partial charge is 0.508 e. The van der Waals surface area contributed by atoms with Crippen molar-refractivity contribution in [3.05, 3.63) is 29.8 Å². The van der Waals surface area contributed by atoms with Gasteiger partial charge in [-0.1, -0.05) is 37.5 Å². The minimum atomic E-state index is -0.288. The Morgan fingerprint density at radius 2 is 1.71 bits per heavy atom. The number of benzene rings is 1. The van der Waals surface area contributed by atoms with Gasteiger partial charge in [0, 0.05) is 11.1 Å². The lowest BCUT2D eigenvalue weighted by Crippen LogP contribution is -2.38. The predicted molar refractivity (Wildman–Crippen MR) is 57.1 cm³/mol. The van der Waals surface area contributed by atoms with Crippen LogP contribution in [0.2, 0.25) is 0 Å². The van der Waals surface area contributed by atoms with Crippen molar-refractivity contribution >= 4 is 0 Å². The molecule has 0 radical (unpaired) electrons.